The predicted molar refractivity (Wildman–Crippen MR) is 91.9 cm³/mol. The zero-order valence-corrected chi connectivity index (χ0v) is 14.3. The van der Waals surface area contributed by atoms with Crippen molar-refractivity contribution in [3.8, 4) is 11.8 Å². The Morgan fingerprint density at radius 1 is 1.25 bits per heavy atom. The van der Waals surface area contributed by atoms with E-state index in [2.05, 4.69) is 5.32 Å². The minimum absolute atomic E-state index is 0.0232. The Kier molecular flexibility index (Phi) is 3.73. The molecule has 4 bridgehead atoms. The minimum Gasteiger partial charge on any atom is -0.479 e. The molecule has 0 unspecified atom stereocenters. The first-order chi connectivity index (χ1) is 11.5. The summed E-state index contributed by atoms with van der Waals surface area (Å²) in [5.41, 5.74) is 0.477. The number of benzene rings is 1. The fraction of sp³-hybridized carbons (Fsp3) is 0.579. The summed E-state index contributed by atoms with van der Waals surface area (Å²) in [6.07, 6.45) is 6.16. The summed E-state index contributed by atoms with van der Waals surface area (Å²) < 4.78 is 5.24. The minimum atomic E-state index is -0.290. The van der Waals surface area contributed by atoms with Crippen LogP contribution < -0.4 is 10.1 Å². The topological polar surface area (TPSA) is 62.1 Å². The summed E-state index contributed by atoms with van der Waals surface area (Å²) in [4.78, 5) is 12.9. The number of ether oxygens (including phenoxy) is 1. The molecule has 0 aromatic heterocycles. The summed E-state index contributed by atoms with van der Waals surface area (Å²) >= 11 is 6.81. The van der Waals surface area contributed by atoms with Gasteiger partial charge in [-0.05, 0) is 74.6 Å². The number of anilines is 1. The molecule has 1 aromatic rings. The number of amides is 1. The van der Waals surface area contributed by atoms with E-state index in [0.717, 1.165) is 37.8 Å². The van der Waals surface area contributed by atoms with Gasteiger partial charge in [0.05, 0.1) is 5.41 Å². The van der Waals surface area contributed by atoms with Crippen LogP contribution in [0.25, 0.3) is 0 Å². The van der Waals surface area contributed by atoms with Crippen LogP contribution in [-0.2, 0) is 4.79 Å². The van der Waals surface area contributed by atoms with E-state index in [9.17, 15) is 4.79 Å². The lowest BCUT2D eigenvalue weighted by Gasteiger charge is -2.59. The lowest BCUT2D eigenvalue weighted by molar-refractivity contribution is -0.138. The third-order valence-electron chi connectivity index (χ3n) is 5.89. The molecule has 0 heterocycles. The average molecular weight is 345 g/mol. The molecule has 4 aliphatic rings. The average Bonchev–Trinajstić information content (AvgIpc) is 2.52. The van der Waals surface area contributed by atoms with E-state index in [4.69, 9.17) is 21.6 Å². The molecule has 24 heavy (non-hydrogen) atoms. The Labute approximate surface area is 147 Å². The van der Waals surface area contributed by atoms with E-state index < -0.39 is 0 Å². The zero-order chi connectivity index (χ0) is 16.8. The first kappa shape index (κ1) is 15.8. The monoisotopic (exact) mass is 344 g/mol. The largest absolute Gasteiger partial charge is 0.479 e. The summed E-state index contributed by atoms with van der Waals surface area (Å²) in [5.74, 6) is 1.96. The molecule has 5 rings (SSSR count). The van der Waals surface area contributed by atoms with Gasteiger partial charge in [-0.25, -0.2) is 0 Å². The van der Waals surface area contributed by atoms with E-state index in [0.29, 0.717) is 17.6 Å². The van der Waals surface area contributed by atoms with Gasteiger partial charge >= 0.3 is 0 Å². The van der Waals surface area contributed by atoms with Crippen LogP contribution in [0.4, 0.5) is 5.69 Å². The molecule has 4 fully saturated rings. The number of hydrogen-bond acceptors (Lipinski definition) is 3. The fourth-order valence-corrected chi connectivity index (χ4v) is 6.12. The van der Waals surface area contributed by atoms with Crippen LogP contribution in [0.1, 0.15) is 38.5 Å². The standard InChI is InChI=1S/C19H21ClN2O2/c20-19-10-13-7-14(11-19)9-18(8-13,12-19)17(23)22-15-1-3-16(4-2-15)24-6-5-21/h1-4,13-14H,6-12H2,(H,22,23)/t13-,14-,18?,19?/m0/s1. The molecule has 4 nitrogen and oxygen atoms in total. The van der Waals surface area contributed by atoms with Gasteiger partial charge in [-0.3, -0.25) is 4.79 Å². The van der Waals surface area contributed by atoms with Crippen molar-refractivity contribution in [2.45, 2.75) is 43.4 Å². The van der Waals surface area contributed by atoms with Gasteiger partial charge in [0.15, 0.2) is 6.61 Å². The second-order valence-corrected chi connectivity index (χ2v) is 8.62. The van der Waals surface area contributed by atoms with Gasteiger partial charge in [0.2, 0.25) is 5.91 Å². The maximum absolute atomic E-state index is 13.0. The van der Waals surface area contributed by atoms with Gasteiger partial charge in [0.1, 0.15) is 11.8 Å². The van der Waals surface area contributed by atoms with E-state index in [1.54, 1.807) is 12.1 Å². The van der Waals surface area contributed by atoms with Gasteiger partial charge in [-0.2, -0.15) is 5.26 Å². The van der Waals surface area contributed by atoms with Crippen molar-refractivity contribution in [1.29, 1.82) is 5.26 Å². The Morgan fingerprint density at radius 2 is 1.92 bits per heavy atom. The SMILES string of the molecule is N#CCOc1ccc(NC(=O)C23C[C@@H]4C[C@H](CC(Cl)(C4)C2)C3)cc1. The Balaban J connectivity index is 1.47. The zero-order valence-electron chi connectivity index (χ0n) is 13.6. The van der Waals surface area contributed by atoms with Crippen molar-refractivity contribution < 1.29 is 9.53 Å². The van der Waals surface area contributed by atoms with E-state index >= 15 is 0 Å². The summed E-state index contributed by atoms with van der Waals surface area (Å²) in [6, 6.07) is 9.13. The van der Waals surface area contributed by atoms with Crippen molar-refractivity contribution in [2.75, 3.05) is 11.9 Å². The fourth-order valence-electron chi connectivity index (χ4n) is 5.43. The first-order valence-electron chi connectivity index (χ1n) is 8.61. The first-order valence-corrected chi connectivity index (χ1v) is 8.98. The molecule has 1 aromatic carbocycles. The van der Waals surface area contributed by atoms with Crippen LogP contribution in [0, 0.1) is 28.6 Å². The molecule has 4 aliphatic carbocycles. The number of carbonyl (C=O) groups excluding carboxylic acids is 1. The Hall–Kier alpha value is -1.73. The number of rotatable bonds is 4. The number of nitriles is 1. The third-order valence-corrected chi connectivity index (χ3v) is 6.33. The summed E-state index contributed by atoms with van der Waals surface area (Å²) in [7, 11) is 0. The van der Waals surface area contributed by atoms with Crippen LogP contribution in [0.3, 0.4) is 0 Å². The van der Waals surface area contributed by atoms with E-state index in [1.165, 1.54) is 6.42 Å². The molecule has 0 radical (unpaired) electrons. The molecule has 0 aliphatic heterocycles. The molecule has 0 saturated heterocycles. The molecule has 1 N–H and O–H groups in total. The molecular weight excluding hydrogens is 324 g/mol. The van der Waals surface area contributed by atoms with Crippen LogP contribution in [0.15, 0.2) is 24.3 Å². The quantitative estimate of drug-likeness (QED) is 0.836. The molecule has 2 atom stereocenters. The van der Waals surface area contributed by atoms with E-state index in [1.807, 2.05) is 18.2 Å². The van der Waals surface area contributed by atoms with Crippen LogP contribution in [0.5, 0.6) is 5.75 Å². The number of carbonyl (C=O) groups is 1. The highest BCUT2D eigenvalue weighted by atomic mass is 35.5. The summed E-state index contributed by atoms with van der Waals surface area (Å²) in [6.45, 7) is 0.0232. The van der Waals surface area contributed by atoms with Crippen molar-refractivity contribution in [1.82, 2.24) is 0 Å². The normalized spacial score (nSPS) is 36.2. The smallest absolute Gasteiger partial charge is 0.230 e. The second-order valence-electron chi connectivity index (χ2n) is 7.82. The Bertz CT molecular complexity index is 680. The number of nitrogens with zero attached hydrogens (tertiary/aromatic N) is 1. The molecule has 0 spiro atoms. The lowest BCUT2D eigenvalue weighted by atomic mass is 9.49. The maximum atomic E-state index is 13.0. The highest BCUT2D eigenvalue weighted by molar-refractivity contribution is 6.24. The highest BCUT2D eigenvalue weighted by Gasteiger charge is 2.60. The molecule has 4 saturated carbocycles. The molecule has 126 valence electrons. The molecule has 5 heteroatoms. The highest BCUT2D eigenvalue weighted by Crippen LogP contribution is 2.64. The van der Waals surface area contributed by atoms with Crippen molar-refractivity contribution in [2.24, 2.45) is 17.3 Å². The lowest BCUT2D eigenvalue weighted by Crippen LogP contribution is -2.57. The van der Waals surface area contributed by atoms with Gasteiger partial charge in [0, 0.05) is 10.6 Å². The second kappa shape index (κ2) is 5.67. The van der Waals surface area contributed by atoms with Gasteiger partial charge in [-0.15, -0.1) is 11.6 Å². The summed E-state index contributed by atoms with van der Waals surface area (Å²) in [5, 5.41) is 11.6. The van der Waals surface area contributed by atoms with Crippen LogP contribution in [0.2, 0.25) is 0 Å². The van der Waals surface area contributed by atoms with Crippen molar-refractivity contribution in [3.63, 3.8) is 0 Å². The van der Waals surface area contributed by atoms with Crippen molar-refractivity contribution >= 4 is 23.2 Å². The third kappa shape index (κ3) is 2.75. The van der Waals surface area contributed by atoms with Crippen molar-refractivity contribution in [3.05, 3.63) is 24.3 Å². The molecule has 1 amide bonds. The predicted octanol–water partition coefficient (Wildman–Crippen LogP) is 4.11. The van der Waals surface area contributed by atoms with Crippen LogP contribution >= 0.6 is 11.6 Å². The van der Waals surface area contributed by atoms with Gasteiger partial charge < -0.3 is 10.1 Å². The number of nitrogens with one attached hydrogen (secondary N) is 1. The van der Waals surface area contributed by atoms with Gasteiger partial charge in [0.25, 0.3) is 0 Å². The number of hydrogen-bond donors (Lipinski definition) is 1. The number of alkyl halides is 1. The van der Waals surface area contributed by atoms with E-state index in [-0.39, 0.29) is 22.8 Å². The van der Waals surface area contributed by atoms with Gasteiger partial charge in [-0.1, -0.05) is 0 Å². The maximum Gasteiger partial charge on any atom is 0.230 e. The Morgan fingerprint density at radius 3 is 2.50 bits per heavy atom. The van der Waals surface area contributed by atoms with Crippen LogP contribution in [-0.4, -0.2) is 17.4 Å². The number of halogens is 1. The molecular formula is C19H21ClN2O2.